The Balaban J connectivity index is 1.98. The molecule has 0 atom stereocenters. The number of hydrogen-bond acceptors (Lipinski definition) is 7. The Bertz CT molecular complexity index is 1090. The lowest BCUT2D eigenvalue weighted by Crippen LogP contribution is -2.07. The number of esters is 1. The van der Waals surface area contributed by atoms with Crippen molar-refractivity contribution >= 4 is 39.6 Å². The predicted molar refractivity (Wildman–Crippen MR) is 115 cm³/mol. The van der Waals surface area contributed by atoms with Crippen LogP contribution >= 0.6 is 15.9 Å². The van der Waals surface area contributed by atoms with E-state index in [2.05, 4.69) is 20.9 Å². The lowest BCUT2D eigenvalue weighted by Gasteiger charge is -2.15. The summed E-state index contributed by atoms with van der Waals surface area (Å²) in [6.45, 7) is 5.44. The lowest BCUT2D eigenvalue weighted by atomic mass is 10.1. The van der Waals surface area contributed by atoms with Crippen LogP contribution in [0, 0.1) is 17.0 Å². The minimum absolute atomic E-state index is 0.0140. The lowest BCUT2D eigenvalue weighted by molar-refractivity contribution is -0.385. The number of aryl methyl sites for hydroxylation is 1. The van der Waals surface area contributed by atoms with Gasteiger partial charge in [-0.3, -0.25) is 10.1 Å². The summed E-state index contributed by atoms with van der Waals surface area (Å²) in [5.41, 5.74) is 1.49. The third-order valence-electron chi connectivity index (χ3n) is 4.18. The summed E-state index contributed by atoms with van der Waals surface area (Å²) < 4.78 is 17.0. The van der Waals surface area contributed by atoms with E-state index in [1.54, 1.807) is 37.3 Å². The highest BCUT2D eigenvalue weighted by Gasteiger charge is 2.26. The van der Waals surface area contributed by atoms with Crippen LogP contribution in [0.3, 0.4) is 0 Å². The summed E-state index contributed by atoms with van der Waals surface area (Å²) >= 11 is 3.46. The summed E-state index contributed by atoms with van der Waals surface area (Å²) in [5.74, 6) is 0.417. The maximum absolute atomic E-state index is 12.3. The Kier molecular flexibility index (Phi) is 6.21. The van der Waals surface area contributed by atoms with Gasteiger partial charge < -0.3 is 14.2 Å². The van der Waals surface area contributed by atoms with E-state index in [9.17, 15) is 14.9 Å². The van der Waals surface area contributed by atoms with Crippen molar-refractivity contribution in [3.8, 4) is 11.5 Å². The first-order valence-electron chi connectivity index (χ1n) is 9.01. The van der Waals surface area contributed by atoms with Gasteiger partial charge in [0.25, 0.3) is 5.69 Å². The first kappa shape index (κ1) is 21.5. The molecule has 9 heteroatoms. The maximum Gasteiger partial charge on any atom is 0.363 e. The zero-order chi connectivity index (χ0) is 22.0. The van der Waals surface area contributed by atoms with Crippen molar-refractivity contribution in [3.63, 3.8) is 0 Å². The summed E-state index contributed by atoms with van der Waals surface area (Å²) in [6, 6.07) is 8.02. The SMILES string of the molecule is COc1cc(/C=C2\N=C(c3ccc(C)c([N+](=O)[O-])c3)OC2=O)cc(Br)c1OC(C)C. The van der Waals surface area contributed by atoms with Crippen LogP contribution in [0.2, 0.25) is 0 Å². The molecule has 0 spiro atoms. The number of halogens is 1. The molecule has 1 heterocycles. The number of benzene rings is 2. The van der Waals surface area contributed by atoms with E-state index in [0.717, 1.165) is 0 Å². The molecule has 0 aliphatic carbocycles. The van der Waals surface area contributed by atoms with Crippen molar-refractivity contribution in [1.29, 1.82) is 0 Å². The number of nitro benzene ring substituents is 1. The van der Waals surface area contributed by atoms with Crippen molar-refractivity contribution in [1.82, 2.24) is 0 Å². The first-order valence-corrected chi connectivity index (χ1v) is 9.81. The molecular weight excluding hydrogens is 456 g/mol. The van der Waals surface area contributed by atoms with Gasteiger partial charge in [0.2, 0.25) is 5.90 Å². The van der Waals surface area contributed by atoms with Gasteiger partial charge in [-0.1, -0.05) is 6.07 Å². The van der Waals surface area contributed by atoms with Crippen LogP contribution in [-0.4, -0.2) is 30.0 Å². The van der Waals surface area contributed by atoms with Gasteiger partial charge in [-0.2, -0.15) is 0 Å². The van der Waals surface area contributed by atoms with Crippen LogP contribution in [0.4, 0.5) is 5.69 Å². The van der Waals surface area contributed by atoms with Crippen molar-refractivity contribution in [3.05, 3.63) is 67.3 Å². The standard InChI is InChI=1S/C21H19BrN2O6/c1-11(2)29-19-15(22)7-13(9-18(19)28-4)8-16-21(25)30-20(23-16)14-6-5-12(3)17(10-14)24(26)27/h5-11H,1-4H3/b16-8-. The number of nitrogens with zero attached hydrogens (tertiary/aromatic N) is 2. The highest BCUT2D eigenvalue weighted by atomic mass is 79.9. The van der Waals surface area contributed by atoms with Crippen LogP contribution in [0.15, 0.2) is 45.5 Å². The van der Waals surface area contributed by atoms with Gasteiger partial charge in [-0.15, -0.1) is 0 Å². The first-order chi connectivity index (χ1) is 14.2. The number of methoxy groups -OCH3 is 1. The monoisotopic (exact) mass is 474 g/mol. The van der Waals surface area contributed by atoms with Crippen molar-refractivity contribution < 1.29 is 23.9 Å². The number of cyclic esters (lactones) is 1. The molecular formula is C21H19BrN2O6. The Morgan fingerprint density at radius 1 is 1.27 bits per heavy atom. The van der Waals surface area contributed by atoms with Gasteiger partial charge in [0, 0.05) is 17.2 Å². The average Bonchev–Trinajstić information content (AvgIpc) is 3.04. The average molecular weight is 475 g/mol. The van der Waals surface area contributed by atoms with Crippen LogP contribution in [0.1, 0.15) is 30.5 Å². The van der Waals surface area contributed by atoms with Gasteiger partial charge in [0.1, 0.15) is 0 Å². The Labute approximate surface area is 181 Å². The van der Waals surface area contributed by atoms with Crippen molar-refractivity contribution in [2.75, 3.05) is 7.11 Å². The zero-order valence-corrected chi connectivity index (χ0v) is 18.3. The van der Waals surface area contributed by atoms with Gasteiger partial charge in [-0.05, 0) is 66.5 Å². The third-order valence-corrected chi connectivity index (χ3v) is 4.77. The molecule has 156 valence electrons. The Morgan fingerprint density at radius 2 is 2.00 bits per heavy atom. The molecule has 0 aromatic heterocycles. The second-order valence-corrected chi connectivity index (χ2v) is 7.65. The molecule has 1 aliphatic heterocycles. The van der Waals surface area contributed by atoms with Crippen molar-refractivity contribution in [2.24, 2.45) is 4.99 Å². The fraction of sp³-hybridized carbons (Fsp3) is 0.238. The van der Waals surface area contributed by atoms with Gasteiger partial charge in [0.15, 0.2) is 17.2 Å². The Hall–Kier alpha value is -3.20. The quantitative estimate of drug-likeness (QED) is 0.257. The molecule has 0 radical (unpaired) electrons. The molecule has 3 rings (SSSR count). The molecule has 2 aromatic rings. The number of aliphatic imine (C=N–C) groups is 1. The second kappa shape index (κ2) is 8.66. The van der Waals surface area contributed by atoms with Crippen molar-refractivity contribution in [2.45, 2.75) is 26.9 Å². The number of hydrogen-bond donors (Lipinski definition) is 0. The number of rotatable bonds is 6. The number of carbonyl (C=O) groups excluding carboxylic acids is 1. The number of carbonyl (C=O) groups is 1. The normalized spacial score (nSPS) is 14.7. The van der Waals surface area contributed by atoms with E-state index in [0.29, 0.717) is 32.7 Å². The minimum Gasteiger partial charge on any atom is -0.493 e. The summed E-state index contributed by atoms with van der Waals surface area (Å²) in [5, 5.41) is 11.2. The predicted octanol–water partition coefficient (Wildman–Crippen LogP) is 4.81. The highest BCUT2D eigenvalue weighted by Crippen LogP contribution is 2.38. The largest absolute Gasteiger partial charge is 0.493 e. The summed E-state index contributed by atoms with van der Waals surface area (Å²) in [6.07, 6.45) is 1.50. The van der Waals surface area contributed by atoms with Gasteiger partial charge in [-0.25, -0.2) is 9.79 Å². The molecule has 0 N–H and O–H groups in total. The van der Waals surface area contributed by atoms with E-state index in [1.807, 2.05) is 13.8 Å². The van der Waals surface area contributed by atoms with E-state index < -0.39 is 10.9 Å². The molecule has 0 fully saturated rings. The highest BCUT2D eigenvalue weighted by molar-refractivity contribution is 9.10. The fourth-order valence-electron chi connectivity index (χ4n) is 2.80. The fourth-order valence-corrected chi connectivity index (χ4v) is 3.36. The van der Waals surface area contributed by atoms with Gasteiger partial charge >= 0.3 is 5.97 Å². The molecule has 1 aliphatic rings. The van der Waals surface area contributed by atoms with Crippen LogP contribution in [0.5, 0.6) is 11.5 Å². The minimum atomic E-state index is -0.647. The molecule has 30 heavy (non-hydrogen) atoms. The van der Waals surface area contributed by atoms with E-state index >= 15 is 0 Å². The van der Waals surface area contributed by atoms with Crippen LogP contribution < -0.4 is 9.47 Å². The molecule has 0 saturated carbocycles. The van der Waals surface area contributed by atoms with E-state index in [-0.39, 0.29) is 23.4 Å². The zero-order valence-electron chi connectivity index (χ0n) is 16.8. The summed E-state index contributed by atoms with van der Waals surface area (Å²) in [4.78, 5) is 27.2. The van der Waals surface area contributed by atoms with Gasteiger partial charge in [0.05, 0.1) is 22.6 Å². The van der Waals surface area contributed by atoms with E-state index in [4.69, 9.17) is 14.2 Å². The number of ether oxygens (including phenoxy) is 3. The molecule has 0 bridgehead atoms. The van der Waals surface area contributed by atoms with E-state index in [1.165, 1.54) is 13.2 Å². The Morgan fingerprint density at radius 3 is 2.63 bits per heavy atom. The van der Waals surface area contributed by atoms with Crippen LogP contribution in [-0.2, 0) is 9.53 Å². The third kappa shape index (κ3) is 4.51. The smallest absolute Gasteiger partial charge is 0.363 e. The van der Waals surface area contributed by atoms with Crippen LogP contribution in [0.25, 0.3) is 6.08 Å². The number of nitro groups is 1. The molecule has 0 saturated heterocycles. The summed E-state index contributed by atoms with van der Waals surface area (Å²) in [7, 11) is 1.52. The second-order valence-electron chi connectivity index (χ2n) is 6.80. The topological polar surface area (TPSA) is 100 Å². The molecule has 8 nitrogen and oxygen atoms in total. The molecule has 0 amide bonds. The maximum atomic E-state index is 12.3. The molecule has 0 unspecified atom stereocenters. The molecule has 2 aromatic carbocycles.